The molecular formula is C21H37IN4. The Labute approximate surface area is 177 Å². The van der Waals surface area contributed by atoms with Gasteiger partial charge >= 0.3 is 0 Å². The molecule has 0 aromatic heterocycles. The molecule has 1 heterocycles. The Morgan fingerprint density at radius 1 is 1.12 bits per heavy atom. The van der Waals surface area contributed by atoms with Crippen LogP contribution in [0, 0.1) is 5.92 Å². The zero-order valence-electron chi connectivity index (χ0n) is 16.5. The first kappa shape index (κ1) is 23.2. The van der Waals surface area contributed by atoms with E-state index in [-0.39, 0.29) is 24.0 Å². The number of guanidine groups is 1. The largest absolute Gasteiger partial charge is 0.357 e. The van der Waals surface area contributed by atoms with E-state index in [0.717, 1.165) is 44.4 Å². The fraction of sp³-hybridized carbons (Fsp3) is 0.667. The van der Waals surface area contributed by atoms with Crippen molar-refractivity contribution >= 4 is 29.9 Å². The molecule has 0 saturated carbocycles. The molecule has 0 aliphatic carbocycles. The van der Waals surface area contributed by atoms with Crippen molar-refractivity contribution in [3.05, 3.63) is 35.9 Å². The van der Waals surface area contributed by atoms with Crippen molar-refractivity contribution < 1.29 is 0 Å². The van der Waals surface area contributed by atoms with Gasteiger partial charge in [-0.2, -0.15) is 0 Å². The third-order valence-electron chi connectivity index (χ3n) is 5.08. The van der Waals surface area contributed by atoms with E-state index in [1.54, 1.807) is 0 Å². The Morgan fingerprint density at radius 3 is 2.50 bits per heavy atom. The number of nitrogens with zero attached hydrogens (tertiary/aromatic N) is 2. The lowest BCUT2D eigenvalue weighted by atomic mass is 9.93. The van der Waals surface area contributed by atoms with E-state index in [1.165, 1.54) is 44.5 Å². The second-order valence-electron chi connectivity index (χ2n) is 6.94. The number of hydrogen-bond donors (Lipinski definition) is 2. The van der Waals surface area contributed by atoms with Gasteiger partial charge in [-0.1, -0.05) is 37.3 Å². The van der Waals surface area contributed by atoms with Crippen LogP contribution >= 0.6 is 24.0 Å². The van der Waals surface area contributed by atoms with Crippen LogP contribution < -0.4 is 10.6 Å². The number of nitrogens with one attached hydrogen (secondary N) is 2. The summed E-state index contributed by atoms with van der Waals surface area (Å²) in [5.74, 6) is 1.85. The van der Waals surface area contributed by atoms with Gasteiger partial charge in [-0.05, 0) is 70.1 Å². The van der Waals surface area contributed by atoms with Crippen molar-refractivity contribution in [2.75, 3.05) is 39.3 Å². The first-order valence-electron chi connectivity index (χ1n) is 10.1. The fourth-order valence-electron chi connectivity index (χ4n) is 3.45. The summed E-state index contributed by atoms with van der Waals surface area (Å²) in [5, 5.41) is 6.88. The van der Waals surface area contributed by atoms with E-state index in [9.17, 15) is 0 Å². The average Bonchev–Trinajstić information content (AvgIpc) is 2.66. The molecule has 0 amide bonds. The summed E-state index contributed by atoms with van der Waals surface area (Å²) in [7, 11) is 0. The van der Waals surface area contributed by atoms with Crippen LogP contribution in [0.15, 0.2) is 35.3 Å². The summed E-state index contributed by atoms with van der Waals surface area (Å²) in [6.45, 7) is 11.0. The van der Waals surface area contributed by atoms with Crippen LogP contribution in [0.4, 0.5) is 0 Å². The van der Waals surface area contributed by atoms with Gasteiger partial charge in [0.2, 0.25) is 0 Å². The highest BCUT2D eigenvalue weighted by Crippen LogP contribution is 2.19. The van der Waals surface area contributed by atoms with E-state index in [1.807, 2.05) is 0 Å². The topological polar surface area (TPSA) is 39.7 Å². The van der Waals surface area contributed by atoms with E-state index < -0.39 is 0 Å². The van der Waals surface area contributed by atoms with Crippen molar-refractivity contribution in [3.8, 4) is 0 Å². The number of likely N-dealkylation sites (tertiary alicyclic amines) is 1. The second-order valence-corrected chi connectivity index (χ2v) is 6.94. The lowest BCUT2D eigenvalue weighted by Crippen LogP contribution is -2.39. The molecule has 1 aromatic carbocycles. The summed E-state index contributed by atoms with van der Waals surface area (Å²) in [6, 6.07) is 10.7. The van der Waals surface area contributed by atoms with Crippen molar-refractivity contribution in [1.82, 2.24) is 15.5 Å². The maximum atomic E-state index is 4.72. The minimum absolute atomic E-state index is 0. The Bertz CT molecular complexity index is 484. The molecule has 0 unspecified atom stereocenters. The molecule has 1 aliphatic heterocycles. The molecule has 0 bridgehead atoms. The van der Waals surface area contributed by atoms with Gasteiger partial charge in [-0.3, -0.25) is 4.99 Å². The molecular weight excluding hydrogens is 435 g/mol. The van der Waals surface area contributed by atoms with Gasteiger partial charge in [0.1, 0.15) is 0 Å². The van der Waals surface area contributed by atoms with Crippen LogP contribution in [-0.4, -0.2) is 50.1 Å². The highest BCUT2D eigenvalue weighted by atomic mass is 127. The maximum absolute atomic E-state index is 4.72. The van der Waals surface area contributed by atoms with Crippen LogP contribution in [0.3, 0.4) is 0 Å². The summed E-state index contributed by atoms with van der Waals surface area (Å²) >= 11 is 0. The summed E-state index contributed by atoms with van der Waals surface area (Å²) in [6.07, 6.45) is 6.14. The van der Waals surface area contributed by atoms with Crippen molar-refractivity contribution in [2.24, 2.45) is 10.9 Å². The molecule has 0 radical (unpaired) electrons. The smallest absolute Gasteiger partial charge is 0.191 e. The lowest BCUT2D eigenvalue weighted by Gasteiger charge is -2.31. The van der Waals surface area contributed by atoms with Gasteiger partial charge in [0.05, 0.1) is 0 Å². The predicted molar refractivity (Wildman–Crippen MR) is 124 cm³/mol. The van der Waals surface area contributed by atoms with Crippen LogP contribution in [0.5, 0.6) is 0 Å². The summed E-state index contributed by atoms with van der Waals surface area (Å²) < 4.78 is 0. The van der Waals surface area contributed by atoms with Crippen LogP contribution in [0.1, 0.15) is 45.1 Å². The standard InChI is InChI=1S/C21H36N4.HI/c1-3-22-21(23-15-8-11-19-9-6-5-7-10-19)24-16-12-20-13-17-25(4-2)18-14-20;/h5-7,9-10,20H,3-4,8,11-18H2,1-2H3,(H2,22,23,24);1H. The van der Waals surface area contributed by atoms with Gasteiger partial charge < -0.3 is 15.5 Å². The normalized spacial score (nSPS) is 16.2. The highest BCUT2D eigenvalue weighted by Gasteiger charge is 2.17. The Balaban J connectivity index is 0.00000338. The zero-order valence-corrected chi connectivity index (χ0v) is 18.9. The minimum atomic E-state index is 0. The molecule has 1 aliphatic rings. The van der Waals surface area contributed by atoms with Crippen molar-refractivity contribution in [2.45, 2.75) is 46.0 Å². The predicted octanol–water partition coefficient (Wildman–Crippen LogP) is 3.91. The minimum Gasteiger partial charge on any atom is -0.357 e. The van der Waals surface area contributed by atoms with E-state index in [0.29, 0.717) is 0 Å². The lowest BCUT2D eigenvalue weighted by molar-refractivity contribution is 0.187. The average molecular weight is 472 g/mol. The fourth-order valence-corrected chi connectivity index (χ4v) is 3.45. The van der Waals surface area contributed by atoms with Gasteiger partial charge in [0, 0.05) is 19.6 Å². The molecule has 5 heteroatoms. The number of benzene rings is 1. The first-order valence-corrected chi connectivity index (χ1v) is 10.1. The van der Waals surface area contributed by atoms with Crippen molar-refractivity contribution in [3.63, 3.8) is 0 Å². The second kappa shape index (κ2) is 14.3. The number of aliphatic imine (C=N–C) groups is 1. The third kappa shape index (κ3) is 9.21. The Morgan fingerprint density at radius 2 is 1.85 bits per heavy atom. The number of hydrogen-bond acceptors (Lipinski definition) is 2. The highest BCUT2D eigenvalue weighted by molar-refractivity contribution is 14.0. The SMILES string of the molecule is CCNC(=NCCCc1ccccc1)NCCC1CCN(CC)CC1.I. The van der Waals surface area contributed by atoms with E-state index in [4.69, 9.17) is 4.99 Å². The molecule has 1 fully saturated rings. The Kier molecular flexibility index (Phi) is 12.7. The zero-order chi connectivity index (χ0) is 17.7. The summed E-state index contributed by atoms with van der Waals surface area (Å²) in [4.78, 5) is 7.28. The molecule has 4 nitrogen and oxygen atoms in total. The molecule has 2 rings (SSSR count). The molecule has 0 atom stereocenters. The van der Waals surface area contributed by atoms with E-state index >= 15 is 0 Å². The Hall–Kier alpha value is -0.820. The van der Waals surface area contributed by atoms with Crippen LogP contribution in [0.2, 0.25) is 0 Å². The van der Waals surface area contributed by atoms with Gasteiger partial charge in [0.25, 0.3) is 0 Å². The summed E-state index contributed by atoms with van der Waals surface area (Å²) in [5.41, 5.74) is 1.40. The molecule has 148 valence electrons. The van der Waals surface area contributed by atoms with Crippen LogP contribution in [-0.2, 0) is 6.42 Å². The number of aryl methyl sites for hydroxylation is 1. The van der Waals surface area contributed by atoms with Gasteiger partial charge in [-0.25, -0.2) is 0 Å². The maximum Gasteiger partial charge on any atom is 0.191 e. The number of halogens is 1. The number of rotatable bonds is 9. The molecule has 2 N–H and O–H groups in total. The molecule has 1 aromatic rings. The van der Waals surface area contributed by atoms with Gasteiger partial charge in [-0.15, -0.1) is 24.0 Å². The molecule has 0 spiro atoms. The third-order valence-corrected chi connectivity index (χ3v) is 5.08. The number of piperidine rings is 1. The molecule has 26 heavy (non-hydrogen) atoms. The monoisotopic (exact) mass is 472 g/mol. The van der Waals surface area contributed by atoms with Crippen molar-refractivity contribution in [1.29, 1.82) is 0 Å². The van der Waals surface area contributed by atoms with E-state index in [2.05, 4.69) is 59.7 Å². The first-order chi connectivity index (χ1) is 12.3. The van der Waals surface area contributed by atoms with Crippen LogP contribution in [0.25, 0.3) is 0 Å². The van der Waals surface area contributed by atoms with Gasteiger partial charge in [0.15, 0.2) is 5.96 Å². The molecule has 1 saturated heterocycles. The quantitative estimate of drug-likeness (QED) is 0.248.